The Balaban J connectivity index is 1.77. The molecule has 0 amide bonds. The molecule has 0 spiro atoms. The number of halogens is 3. The normalized spacial score (nSPS) is 14.7. The van der Waals surface area contributed by atoms with Gasteiger partial charge in [-0.3, -0.25) is 4.79 Å². The lowest BCUT2D eigenvalue weighted by Crippen LogP contribution is -2.20. The van der Waals surface area contributed by atoms with Crippen molar-refractivity contribution in [1.29, 1.82) is 0 Å². The van der Waals surface area contributed by atoms with E-state index in [-0.39, 0.29) is 18.2 Å². The summed E-state index contributed by atoms with van der Waals surface area (Å²) in [6.45, 7) is 2.06. The van der Waals surface area contributed by atoms with E-state index in [1.807, 2.05) is 19.1 Å². The molecule has 140 valence electrons. The molecular weight excluding hydrogens is 398 g/mol. The second kappa shape index (κ2) is 7.42. The van der Waals surface area contributed by atoms with Gasteiger partial charge >= 0.3 is 0 Å². The third-order valence-electron chi connectivity index (χ3n) is 4.58. The van der Waals surface area contributed by atoms with Gasteiger partial charge in [0.15, 0.2) is 5.78 Å². The van der Waals surface area contributed by atoms with Crippen LogP contribution in [-0.4, -0.2) is 12.4 Å². The van der Waals surface area contributed by atoms with Gasteiger partial charge in [-0.15, -0.1) is 0 Å². The summed E-state index contributed by atoms with van der Waals surface area (Å²) in [6, 6.07) is 15.1. The van der Waals surface area contributed by atoms with E-state index in [0.29, 0.717) is 26.9 Å². The molecule has 0 atom stereocenters. The molecule has 1 aliphatic heterocycles. The van der Waals surface area contributed by atoms with E-state index in [1.165, 1.54) is 12.1 Å². The molecule has 1 heterocycles. The van der Waals surface area contributed by atoms with Crippen molar-refractivity contribution in [3.8, 4) is 16.9 Å². The Morgan fingerprint density at radius 1 is 0.964 bits per heavy atom. The van der Waals surface area contributed by atoms with Crippen molar-refractivity contribution in [2.24, 2.45) is 0 Å². The van der Waals surface area contributed by atoms with E-state index in [9.17, 15) is 9.18 Å². The fourth-order valence-electron chi connectivity index (χ4n) is 3.24. The smallest absolute Gasteiger partial charge is 0.196 e. The molecule has 28 heavy (non-hydrogen) atoms. The van der Waals surface area contributed by atoms with Gasteiger partial charge in [0.1, 0.15) is 18.2 Å². The first kappa shape index (κ1) is 18.7. The van der Waals surface area contributed by atoms with Gasteiger partial charge in [-0.05, 0) is 66.1 Å². The lowest BCUT2D eigenvalue weighted by molar-refractivity contribution is 0.100. The molecule has 0 aliphatic carbocycles. The zero-order chi connectivity index (χ0) is 19.8. The summed E-state index contributed by atoms with van der Waals surface area (Å²) in [5.41, 5.74) is 4.29. The molecule has 3 aromatic rings. The number of aryl methyl sites for hydroxylation is 1. The zero-order valence-corrected chi connectivity index (χ0v) is 16.4. The Morgan fingerprint density at radius 2 is 1.68 bits per heavy atom. The second-order valence-corrected chi connectivity index (χ2v) is 7.47. The van der Waals surface area contributed by atoms with Crippen LogP contribution >= 0.6 is 23.2 Å². The number of carbonyl (C=O) groups excluding carboxylic acids is 1. The molecule has 1 aliphatic rings. The van der Waals surface area contributed by atoms with Crippen LogP contribution in [0.3, 0.4) is 0 Å². The first-order chi connectivity index (χ1) is 13.4. The molecule has 0 aromatic heterocycles. The van der Waals surface area contributed by atoms with E-state index >= 15 is 0 Å². The van der Waals surface area contributed by atoms with Crippen LogP contribution in [0.4, 0.5) is 4.39 Å². The summed E-state index contributed by atoms with van der Waals surface area (Å²) in [7, 11) is 0. The van der Waals surface area contributed by atoms with Gasteiger partial charge in [0.2, 0.25) is 0 Å². The molecule has 0 saturated heterocycles. The fraction of sp³-hybridized carbons (Fsp3) is 0.0870. The fourth-order valence-corrected chi connectivity index (χ4v) is 3.55. The molecule has 4 rings (SSSR count). The van der Waals surface area contributed by atoms with Gasteiger partial charge in [-0.25, -0.2) is 4.39 Å². The Bertz CT molecular complexity index is 1120. The summed E-state index contributed by atoms with van der Waals surface area (Å²) < 4.78 is 19.2. The van der Waals surface area contributed by atoms with Gasteiger partial charge in [-0.1, -0.05) is 41.4 Å². The van der Waals surface area contributed by atoms with Crippen molar-refractivity contribution in [1.82, 2.24) is 0 Å². The van der Waals surface area contributed by atoms with Crippen molar-refractivity contribution < 1.29 is 13.9 Å². The zero-order valence-electron chi connectivity index (χ0n) is 14.9. The lowest BCUT2D eigenvalue weighted by Gasteiger charge is -2.22. The standard InChI is InChI=1S/C23H15Cl2FO2/c1-13-8-18(15-3-5-17(26)6-4-15)23-19(9-13)22(27)16(12-28-23)10-14-2-7-20(24)21(25)11-14/h2-11H,12H2,1H3/b16-10+. The average molecular weight is 413 g/mol. The molecular formula is C23H15Cl2FO2. The molecule has 5 heteroatoms. The third kappa shape index (κ3) is 3.56. The molecule has 3 aromatic carbocycles. The SMILES string of the molecule is Cc1cc2c(c(-c3ccc(F)cc3)c1)OC/C(=C\c1ccc(Cl)c(Cl)c1)C2=O. The largest absolute Gasteiger partial charge is 0.487 e. The predicted octanol–water partition coefficient (Wildman–Crippen LogP) is 6.77. The first-order valence-corrected chi connectivity index (χ1v) is 9.41. The summed E-state index contributed by atoms with van der Waals surface area (Å²) in [4.78, 5) is 13.1. The number of Topliss-reactive ketones (excluding diaryl/α,β-unsaturated/α-hetero) is 1. The molecule has 0 saturated carbocycles. The summed E-state index contributed by atoms with van der Waals surface area (Å²) >= 11 is 12.0. The van der Waals surface area contributed by atoms with Gasteiger partial charge in [-0.2, -0.15) is 0 Å². The maximum atomic E-state index is 13.3. The number of rotatable bonds is 2. The van der Waals surface area contributed by atoms with Crippen LogP contribution < -0.4 is 4.74 Å². The molecule has 0 N–H and O–H groups in total. The van der Waals surface area contributed by atoms with Gasteiger partial charge in [0.05, 0.1) is 15.6 Å². The highest BCUT2D eigenvalue weighted by molar-refractivity contribution is 6.42. The molecule has 0 unspecified atom stereocenters. The predicted molar refractivity (Wildman–Crippen MR) is 111 cm³/mol. The molecule has 2 nitrogen and oxygen atoms in total. The van der Waals surface area contributed by atoms with Crippen LogP contribution in [0, 0.1) is 12.7 Å². The van der Waals surface area contributed by atoms with E-state index in [4.69, 9.17) is 27.9 Å². The Hall–Kier alpha value is -2.62. The van der Waals surface area contributed by atoms with Crippen LogP contribution in [-0.2, 0) is 0 Å². The summed E-state index contributed by atoms with van der Waals surface area (Å²) in [5.74, 6) is 0.113. The topological polar surface area (TPSA) is 26.3 Å². The minimum atomic E-state index is -0.311. The highest BCUT2D eigenvalue weighted by Gasteiger charge is 2.26. The first-order valence-electron chi connectivity index (χ1n) is 8.66. The number of hydrogen-bond donors (Lipinski definition) is 0. The second-order valence-electron chi connectivity index (χ2n) is 6.66. The summed E-state index contributed by atoms with van der Waals surface area (Å²) in [5, 5.41) is 0.884. The maximum Gasteiger partial charge on any atom is 0.196 e. The van der Waals surface area contributed by atoms with Gasteiger partial charge in [0.25, 0.3) is 0 Å². The van der Waals surface area contributed by atoms with Crippen molar-refractivity contribution in [2.45, 2.75) is 6.92 Å². The van der Waals surface area contributed by atoms with Crippen LogP contribution in [0.5, 0.6) is 5.75 Å². The van der Waals surface area contributed by atoms with Crippen LogP contribution in [0.25, 0.3) is 17.2 Å². The van der Waals surface area contributed by atoms with E-state index in [0.717, 1.165) is 22.3 Å². The minimum absolute atomic E-state index is 0.0978. The van der Waals surface area contributed by atoms with Crippen LogP contribution in [0.15, 0.2) is 60.2 Å². The van der Waals surface area contributed by atoms with Crippen LogP contribution in [0.2, 0.25) is 10.0 Å². The third-order valence-corrected chi connectivity index (χ3v) is 5.32. The van der Waals surface area contributed by atoms with E-state index in [2.05, 4.69) is 0 Å². The highest BCUT2D eigenvalue weighted by Crippen LogP contribution is 2.39. The van der Waals surface area contributed by atoms with E-state index in [1.54, 1.807) is 36.4 Å². The maximum absolute atomic E-state index is 13.3. The van der Waals surface area contributed by atoms with Crippen molar-refractivity contribution in [3.05, 3.63) is 92.7 Å². The number of benzene rings is 3. The number of hydrogen-bond acceptors (Lipinski definition) is 2. The number of ketones is 1. The van der Waals surface area contributed by atoms with Gasteiger partial charge in [0, 0.05) is 11.1 Å². The average Bonchev–Trinajstić information content (AvgIpc) is 2.67. The van der Waals surface area contributed by atoms with Crippen molar-refractivity contribution in [3.63, 3.8) is 0 Å². The quantitative estimate of drug-likeness (QED) is 0.434. The monoisotopic (exact) mass is 412 g/mol. The number of fused-ring (bicyclic) bond motifs is 1. The molecule has 0 fully saturated rings. The Morgan fingerprint density at radius 3 is 2.39 bits per heavy atom. The molecule has 0 radical (unpaired) electrons. The molecule has 0 bridgehead atoms. The van der Waals surface area contributed by atoms with Crippen molar-refractivity contribution >= 4 is 35.1 Å². The number of carbonyl (C=O) groups is 1. The number of ether oxygens (including phenoxy) is 1. The lowest BCUT2D eigenvalue weighted by atomic mass is 9.92. The van der Waals surface area contributed by atoms with E-state index < -0.39 is 0 Å². The summed E-state index contributed by atoms with van der Waals surface area (Å²) in [6.07, 6.45) is 1.76. The van der Waals surface area contributed by atoms with Crippen molar-refractivity contribution in [2.75, 3.05) is 6.61 Å². The van der Waals surface area contributed by atoms with Gasteiger partial charge < -0.3 is 4.74 Å². The Kier molecular flexibility index (Phi) is 4.96. The minimum Gasteiger partial charge on any atom is -0.487 e. The highest BCUT2D eigenvalue weighted by atomic mass is 35.5. The van der Waals surface area contributed by atoms with Crippen LogP contribution in [0.1, 0.15) is 21.5 Å². The Labute approximate surface area is 172 Å².